The zero-order valence-corrected chi connectivity index (χ0v) is 17.4. The van der Waals surface area contributed by atoms with Crippen molar-refractivity contribution in [3.8, 4) is 0 Å². The maximum atomic E-state index is 14.8. The molecule has 9 heteroatoms. The average molecular weight is 442 g/mol. The van der Waals surface area contributed by atoms with Crippen LogP contribution in [0.4, 0.5) is 10.1 Å². The van der Waals surface area contributed by atoms with E-state index in [1.807, 2.05) is 0 Å². The Balaban J connectivity index is 1.64. The van der Waals surface area contributed by atoms with E-state index in [0.717, 1.165) is 12.8 Å². The number of hydrogen-bond donors (Lipinski definition) is 2. The summed E-state index contributed by atoms with van der Waals surface area (Å²) in [7, 11) is 0. The number of pyridine rings is 1. The third-order valence-corrected chi connectivity index (χ3v) is 5.66. The molecular formula is C22H21ClFN5O2. The van der Waals surface area contributed by atoms with Crippen LogP contribution in [0, 0.1) is 11.7 Å². The van der Waals surface area contributed by atoms with Crippen LogP contribution in [0.3, 0.4) is 0 Å². The Morgan fingerprint density at radius 3 is 2.77 bits per heavy atom. The molecule has 2 heterocycles. The van der Waals surface area contributed by atoms with Gasteiger partial charge in [-0.05, 0) is 49.1 Å². The van der Waals surface area contributed by atoms with Crippen molar-refractivity contribution in [2.24, 2.45) is 16.6 Å². The standard InChI is InChI=1S/C22H21ClFN5O2/c1-2-22(10-19(30)29(21(25)28-22)12-13-3-4-13)16-9-15(6-7-17(16)24)27-20(31)18-8-5-14(23)11-26-18/h2,5-9,11,13H,1,3-4,10,12H2,(H2,25,28)(H,27,31)/t22-/m0/s1. The van der Waals surface area contributed by atoms with Gasteiger partial charge in [0.15, 0.2) is 5.96 Å². The highest BCUT2D eigenvalue weighted by Crippen LogP contribution is 2.39. The van der Waals surface area contributed by atoms with E-state index < -0.39 is 17.3 Å². The predicted molar refractivity (Wildman–Crippen MR) is 116 cm³/mol. The zero-order chi connectivity index (χ0) is 22.2. The van der Waals surface area contributed by atoms with Crippen LogP contribution >= 0.6 is 11.6 Å². The second-order valence-electron chi connectivity index (χ2n) is 7.73. The van der Waals surface area contributed by atoms with Gasteiger partial charge in [0.2, 0.25) is 5.91 Å². The van der Waals surface area contributed by atoms with Gasteiger partial charge in [0.1, 0.15) is 17.1 Å². The van der Waals surface area contributed by atoms with Gasteiger partial charge in [-0.25, -0.2) is 14.4 Å². The quantitative estimate of drug-likeness (QED) is 0.670. The van der Waals surface area contributed by atoms with Crippen molar-refractivity contribution in [2.45, 2.75) is 24.8 Å². The highest BCUT2D eigenvalue weighted by atomic mass is 35.5. The third-order valence-electron chi connectivity index (χ3n) is 5.44. The summed E-state index contributed by atoms with van der Waals surface area (Å²) in [5.74, 6) is -0.825. The first-order valence-corrected chi connectivity index (χ1v) is 10.2. The normalized spacial score (nSPS) is 20.9. The van der Waals surface area contributed by atoms with Crippen LogP contribution < -0.4 is 11.1 Å². The second kappa shape index (κ2) is 8.11. The van der Waals surface area contributed by atoms with Crippen molar-refractivity contribution in [3.05, 3.63) is 71.3 Å². The molecule has 0 unspecified atom stereocenters. The molecule has 4 rings (SSSR count). The van der Waals surface area contributed by atoms with Gasteiger partial charge in [0, 0.05) is 24.0 Å². The van der Waals surface area contributed by atoms with Gasteiger partial charge in [-0.15, -0.1) is 6.58 Å². The van der Waals surface area contributed by atoms with E-state index in [1.165, 1.54) is 41.4 Å². The summed E-state index contributed by atoms with van der Waals surface area (Å²) in [6.07, 6.45) is 4.79. The monoisotopic (exact) mass is 441 g/mol. The fraction of sp³-hybridized carbons (Fsp3) is 0.273. The molecule has 3 N–H and O–H groups in total. The SMILES string of the molecule is C=C[C@@]1(c2cc(NC(=O)c3ccc(Cl)cn3)ccc2F)CC(=O)N(CC2CC2)C(N)=N1. The maximum Gasteiger partial charge on any atom is 0.274 e. The Bertz CT molecular complexity index is 1080. The number of benzene rings is 1. The molecule has 0 saturated heterocycles. The minimum Gasteiger partial charge on any atom is -0.369 e. The van der Waals surface area contributed by atoms with Gasteiger partial charge < -0.3 is 11.1 Å². The molecule has 1 saturated carbocycles. The molecule has 2 aliphatic rings. The summed E-state index contributed by atoms with van der Waals surface area (Å²) >= 11 is 5.80. The molecule has 1 aliphatic carbocycles. The van der Waals surface area contributed by atoms with Crippen LogP contribution in [0.5, 0.6) is 0 Å². The van der Waals surface area contributed by atoms with E-state index in [9.17, 15) is 14.0 Å². The van der Waals surface area contributed by atoms with Crippen LogP contribution in [0.1, 0.15) is 35.3 Å². The number of rotatable bonds is 6. The second-order valence-corrected chi connectivity index (χ2v) is 8.17. The molecular weight excluding hydrogens is 421 g/mol. The summed E-state index contributed by atoms with van der Waals surface area (Å²) in [5, 5.41) is 3.08. The number of nitrogens with one attached hydrogen (secondary N) is 1. The molecule has 0 spiro atoms. The lowest BCUT2D eigenvalue weighted by Gasteiger charge is -2.36. The highest BCUT2D eigenvalue weighted by molar-refractivity contribution is 6.30. The molecule has 1 fully saturated rings. The Morgan fingerprint density at radius 1 is 1.39 bits per heavy atom. The van der Waals surface area contributed by atoms with Gasteiger partial charge in [-0.2, -0.15) is 0 Å². The molecule has 0 radical (unpaired) electrons. The summed E-state index contributed by atoms with van der Waals surface area (Å²) in [6, 6.07) is 7.08. The number of carbonyl (C=O) groups excluding carboxylic acids is 2. The molecule has 1 aliphatic heterocycles. The zero-order valence-electron chi connectivity index (χ0n) is 16.6. The van der Waals surface area contributed by atoms with Crippen molar-refractivity contribution in [2.75, 3.05) is 11.9 Å². The number of aliphatic imine (C=N–C) groups is 1. The van der Waals surface area contributed by atoms with Gasteiger partial charge in [0.25, 0.3) is 5.91 Å². The van der Waals surface area contributed by atoms with Gasteiger partial charge in [-0.1, -0.05) is 17.7 Å². The van der Waals surface area contributed by atoms with Gasteiger partial charge in [0.05, 0.1) is 11.4 Å². The first kappa shape index (κ1) is 21.0. The lowest BCUT2D eigenvalue weighted by atomic mass is 9.85. The third kappa shape index (κ3) is 4.29. The number of halogens is 2. The molecule has 1 aromatic carbocycles. The van der Waals surface area contributed by atoms with E-state index >= 15 is 0 Å². The van der Waals surface area contributed by atoms with E-state index in [2.05, 4.69) is 21.9 Å². The minimum absolute atomic E-state index is 0.0438. The predicted octanol–water partition coefficient (Wildman–Crippen LogP) is 3.46. The molecule has 160 valence electrons. The van der Waals surface area contributed by atoms with Crippen molar-refractivity contribution < 1.29 is 14.0 Å². The minimum atomic E-state index is -1.36. The fourth-order valence-corrected chi connectivity index (χ4v) is 3.65. The number of anilines is 1. The average Bonchev–Trinajstić information content (AvgIpc) is 3.56. The van der Waals surface area contributed by atoms with E-state index in [1.54, 1.807) is 6.07 Å². The highest BCUT2D eigenvalue weighted by Gasteiger charge is 2.42. The van der Waals surface area contributed by atoms with Crippen molar-refractivity contribution in [3.63, 3.8) is 0 Å². The maximum absolute atomic E-state index is 14.8. The van der Waals surface area contributed by atoms with Crippen LogP contribution in [-0.2, 0) is 10.3 Å². The summed E-state index contributed by atoms with van der Waals surface area (Å²) in [5.41, 5.74) is 5.31. The molecule has 1 aromatic heterocycles. The number of hydrogen-bond acceptors (Lipinski definition) is 5. The summed E-state index contributed by atoms with van der Waals surface area (Å²) in [4.78, 5) is 35.2. The van der Waals surface area contributed by atoms with E-state index in [4.69, 9.17) is 17.3 Å². The Kier molecular flexibility index (Phi) is 5.49. The molecule has 1 atom stereocenters. The topological polar surface area (TPSA) is 101 Å². The Morgan fingerprint density at radius 2 is 2.16 bits per heavy atom. The molecule has 7 nitrogen and oxygen atoms in total. The van der Waals surface area contributed by atoms with Crippen molar-refractivity contribution in [1.29, 1.82) is 0 Å². The Labute approximate surface area is 183 Å². The summed E-state index contributed by atoms with van der Waals surface area (Å²) < 4.78 is 14.8. The number of guanidine groups is 1. The number of aromatic nitrogens is 1. The van der Waals surface area contributed by atoms with Crippen LogP contribution in [0.2, 0.25) is 5.02 Å². The van der Waals surface area contributed by atoms with Crippen LogP contribution in [0.25, 0.3) is 0 Å². The van der Waals surface area contributed by atoms with Crippen molar-refractivity contribution >= 4 is 35.1 Å². The lowest BCUT2D eigenvalue weighted by molar-refractivity contribution is -0.129. The van der Waals surface area contributed by atoms with Gasteiger partial charge >= 0.3 is 0 Å². The number of carbonyl (C=O) groups is 2. The molecule has 2 aromatic rings. The smallest absolute Gasteiger partial charge is 0.274 e. The number of nitrogens with two attached hydrogens (primary N) is 1. The largest absolute Gasteiger partial charge is 0.369 e. The van der Waals surface area contributed by atoms with E-state index in [-0.39, 0.29) is 29.5 Å². The van der Waals surface area contributed by atoms with E-state index in [0.29, 0.717) is 23.2 Å². The fourth-order valence-electron chi connectivity index (χ4n) is 3.54. The lowest BCUT2D eigenvalue weighted by Crippen LogP contribution is -2.50. The first-order chi connectivity index (χ1) is 14.8. The molecule has 0 bridgehead atoms. The van der Waals surface area contributed by atoms with Gasteiger partial charge in [-0.3, -0.25) is 14.5 Å². The number of amides is 2. The summed E-state index contributed by atoms with van der Waals surface area (Å²) in [6.45, 7) is 4.30. The Hall–Kier alpha value is -3.26. The first-order valence-electron chi connectivity index (χ1n) is 9.83. The number of nitrogens with zero attached hydrogens (tertiary/aromatic N) is 3. The van der Waals surface area contributed by atoms with Crippen molar-refractivity contribution in [1.82, 2.24) is 9.88 Å². The molecule has 31 heavy (non-hydrogen) atoms. The molecule has 2 amide bonds. The van der Waals surface area contributed by atoms with Crippen LogP contribution in [0.15, 0.2) is 54.2 Å². The van der Waals surface area contributed by atoms with Crippen LogP contribution in [-0.4, -0.2) is 34.2 Å².